The maximum absolute atomic E-state index is 12.9. The van der Waals surface area contributed by atoms with Gasteiger partial charge in [0.15, 0.2) is 17.7 Å². The largest absolute Gasteiger partial charge is 0.482 e. The lowest BCUT2D eigenvalue weighted by Gasteiger charge is -2.15. The molecule has 0 bridgehead atoms. The van der Waals surface area contributed by atoms with Gasteiger partial charge in [0, 0.05) is 23.5 Å². The summed E-state index contributed by atoms with van der Waals surface area (Å²) in [5, 5.41) is 0. The van der Waals surface area contributed by atoms with Crippen LogP contribution in [-0.4, -0.2) is 17.7 Å². The van der Waals surface area contributed by atoms with Gasteiger partial charge in [-0.25, -0.2) is 4.39 Å². The minimum absolute atomic E-state index is 0.104. The first kappa shape index (κ1) is 14.4. The minimum atomic E-state index is -0.637. The van der Waals surface area contributed by atoms with E-state index in [2.05, 4.69) is 0 Å². The Kier molecular flexibility index (Phi) is 3.75. The highest BCUT2D eigenvalue weighted by Crippen LogP contribution is 2.40. The molecule has 0 amide bonds. The summed E-state index contributed by atoms with van der Waals surface area (Å²) in [4.78, 5) is 24.2. The van der Waals surface area contributed by atoms with Crippen LogP contribution in [0.15, 0.2) is 48.5 Å². The fraction of sp³-hybridized carbons (Fsp3) is 0.222. The van der Waals surface area contributed by atoms with E-state index in [1.54, 1.807) is 6.07 Å². The topological polar surface area (TPSA) is 43.4 Å². The minimum Gasteiger partial charge on any atom is -0.482 e. The van der Waals surface area contributed by atoms with E-state index >= 15 is 0 Å². The Morgan fingerprint density at radius 3 is 2.45 bits per heavy atom. The van der Waals surface area contributed by atoms with Gasteiger partial charge in [0.1, 0.15) is 11.6 Å². The highest BCUT2D eigenvalue weighted by atomic mass is 19.1. The number of carbonyl (C=O) groups is 2. The third-order valence-electron chi connectivity index (χ3n) is 3.91. The average Bonchev–Trinajstić information content (AvgIpc) is 2.87. The molecule has 2 atom stereocenters. The third-order valence-corrected chi connectivity index (χ3v) is 3.91. The highest BCUT2D eigenvalue weighted by molar-refractivity contribution is 5.97. The molecule has 0 radical (unpaired) electrons. The lowest BCUT2D eigenvalue weighted by Crippen LogP contribution is -2.28. The number of ketones is 2. The lowest BCUT2D eigenvalue weighted by atomic mass is 9.87. The number of benzene rings is 2. The lowest BCUT2D eigenvalue weighted by molar-refractivity contribution is -0.123. The molecule has 2 aromatic rings. The summed E-state index contributed by atoms with van der Waals surface area (Å²) in [6.45, 7) is 1.46. The first-order valence-corrected chi connectivity index (χ1v) is 7.11. The molecule has 1 heterocycles. The molecule has 0 spiro atoms. The van der Waals surface area contributed by atoms with Crippen LogP contribution in [0, 0.1) is 5.82 Å². The van der Waals surface area contributed by atoms with Gasteiger partial charge in [-0.05, 0) is 37.3 Å². The first-order valence-electron chi connectivity index (χ1n) is 7.11. The number of para-hydroxylation sites is 1. The molecule has 0 saturated carbocycles. The van der Waals surface area contributed by atoms with Crippen LogP contribution >= 0.6 is 0 Å². The van der Waals surface area contributed by atoms with Gasteiger partial charge in [-0.2, -0.15) is 0 Å². The molecule has 22 heavy (non-hydrogen) atoms. The van der Waals surface area contributed by atoms with Gasteiger partial charge in [0.2, 0.25) is 0 Å². The molecule has 0 aromatic heterocycles. The van der Waals surface area contributed by atoms with Crippen LogP contribution in [0.4, 0.5) is 4.39 Å². The van der Waals surface area contributed by atoms with E-state index in [0.29, 0.717) is 11.3 Å². The number of halogens is 1. The van der Waals surface area contributed by atoms with Crippen LogP contribution in [0.25, 0.3) is 0 Å². The van der Waals surface area contributed by atoms with Crippen molar-refractivity contribution in [2.45, 2.75) is 25.4 Å². The number of rotatable bonds is 4. The quantitative estimate of drug-likeness (QED) is 0.811. The van der Waals surface area contributed by atoms with Crippen LogP contribution in [-0.2, 0) is 4.79 Å². The second kappa shape index (κ2) is 5.72. The van der Waals surface area contributed by atoms with E-state index in [4.69, 9.17) is 4.74 Å². The SMILES string of the molecule is CC(=O)[C@H]1Oc2ccccc2[C@@H]1CC(=O)c1ccc(F)cc1. The maximum Gasteiger partial charge on any atom is 0.170 e. The van der Waals surface area contributed by atoms with E-state index in [9.17, 15) is 14.0 Å². The Labute approximate surface area is 127 Å². The number of hydrogen-bond donors (Lipinski definition) is 0. The molecular formula is C18H15FO3. The van der Waals surface area contributed by atoms with Crippen molar-refractivity contribution >= 4 is 11.6 Å². The molecule has 0 saturated heterocycles. The van der Waals surface area contributed by atoms with E-state index in [1.807, 2.05) is 18.2 Å². The van der Waals surface area contributed by atoms with Crippen molar-refractivity contribution < 1.29 is 18.7 Å². The zero-order valence-corrected chi connectivity index (χ0v) is 12.1. The normalized spacial score (nSPS) is 19.4. The fourth-order valence-corrected chi connectivity index (χ4v) is 2.81. The molecule has 0 N–H and O–H groups in total. The Balaban J connectivity index is 1.87. The second-order valence-electron chi connectivity index (χ2n) is 5.43. The van der Waals surface area contributed by atoms with Crippen molar-refractivity contribution in [2.24, 2.45) is 0 Å². The van der Waals surface area contributed by atoms with E-state index < -0.39 is 6.10 Å². The summed E-state index contributed by atoms with van der Waals surface area (Å²) in [5.41, 5.74) is 1.31. The van der Waals surface area contributed by atoms with E-state index in [0.717, 1.165) is 5.56 Å². The summed E-state index contributed by atoms with van der Waals surface area (Å²) in [6, 6.07) is 12.8. The summed E-state index contributed by atoms with van der Waals surface area (Å²) >= 11 is 0. The molecule has 0 unspecified atom stereocenters. The molecule has 4 heteroatoms. The van der Waals surface area contributed by atoms with Gasteiger partial charge in [-0.15, -0.1) is 0 Å². The monoisotopic (exact) mass is 298 g/mol. The van der Waals surface area contributed by atoms with E-state index in [-0.39, 0.29) is 29.7 Å². The summed E-state index contributed by atoms with van der Waals surface area (Å²) in [6.07, 6.45) is -0.478. The van der Waals surface area contributed by atoms with Crippen LogP contribution in [0.5, 0.6) is 5.75 Å². The van der Waals surface area contributed by atoms with Crippen LogP contribution in [0.2, 0.25) is 0 Å². The summed E-state index contributed by atoms with van der Waals surface area (Å²) in [7, 11) is 0. The summed E-state index contributed by atoms with van der Waals surface area (Å²) < 4.78 is 18.6. The van der Waals surface area contributed by atoms with Gasteiger partial charge >= 0.3 is 0 Å². The van der Waals surface area contributed by atoms with Crippen molar-refractivity contribution in [3.8, 4) is 5.75 Å². The molecule has 2 aromatic carbocycles. The Morgan fingerprint density at radius 2 is 1.77 bits per heavy atom. The molecule has 0 fully saturated rings. The van der Waals surface area contributed by atoms with Crippen LogP contribution in [0.3, 0.4) is 0 Å². The Bertz CT molecular complexity index is 721. The van der Waals surface area contributed by atoms with E-state index in [1.165, 1.54) is 31.2 Å². The number of carbonyl (C=O) groups excluding carboxylic acids is 2. The molecule has 3 rings (SSSR count). The van der Waals surface area contributed by atoms with Crippen molar-refractivity contribution in [3.63, 3.8) is 0 Å². The number of ether oxygens (including phenoxy) is 1. The molecular weight excluding hydrogens is 283 g/mol. The van der Waals surface area contributed by atoms with Crippen LogP contribution < -0.4 is 4.74 Å². The summed E-state index contributed by atoms with van der Waals surface area (Å²) in [5.74, 6) is -0.261. The van der Waals surface area contributed by atoms with Crippen molar-refractivity contribution in [1.29, 1.82) is 0 Å². The number of hydrogen-bond acceptors (Lipinski definition) is 3. The third kappa shape index (κ3) is 2.64. The predicted molar refractivity (Wildman–Crippen MR) is 79.6 cm³/mol. The van der Waals surface area contributed by atoms with Gasteiger partial charge in [0.25, 0.3) is 0 Å². The Hall–Kier alpha value is -2.49. The molecule has 1 aliphatic heterocycles. The van der Waals surface area contributed by atoms with Crippen molar-refractivity contribution in [2.75, 3.05) is 0 Å². The number of Topliss-reactive ketones (excluding diaryl/α,β-unsaturated/α-hetero) is 2. The maximum atomic E-state index is 12.9. The Morgan fingerprint density at radius 1 is 1.09 bits per heavy atom. The fourth-order valence-electron chi connectivity index (χ4n) is 2.81. The molecule has 1 aliphatic rings. The van der Waals surface area contributed by atoms with Gasteiger partial charge < -0.3 is 4.74 Å². The molecule has 112 valence electrons. The van der Waals surface area contributed by atoms with Crippen molar-refractivity contribution in [3.05, 3.63) is 65.5 Å². The molecule has 3 nitrogen and oxygen atoms in total. The molecule has 0 aliphatic carbocycles. The van der Waals surface area contributed by atoms with Gasteiger partial charge in [0.05, 0.1) is 0 Å². The average molecular weight is 298 g/mol. The van der Waals surface area contributed by atoms with Gasteiger partial charge in [-0.1, -0.05) is 18.2 Å². The zero-order valence-electron chi connectivity index (χ0n) is 12.1. The second-order valence-corrected chi connectivity index (χ2v) is 5.43. The standard InChI is InChI=1S/C18H15FO3/c1-11(20)18-15(14-4-2-3-5-17(14)22-18)10-16(21)12-6-8-13(19)9-7-12/h2-9,15,18H,10H2,1H3/t15-,18+/m0/s1. The van der Waals surface area contributed by atoms with Crippen molar-refractivity contribution in [1.82, 2.24) is 0 Å². The van der Waals surface area contributed by atoms with Crippen LogP contribution in [0.1, 0.15) is 35.2 Å². The number of fused-ring (bicyclic) bond motifs is 1. The highest BCUT2D eigenvalue weighted by Gasteiger charge is 2.38. The predicted octanol–water partition coefficient (Wildman–Crippen LogP) is 3.53. The smallest absolute Gasteiger partial charge is 0.170 e. The zero-order chi connectivity index (χ0) is 15.7. The first-order chi connectivity index (χ1) is 10.6. The van der Waals surface area contributed by atoms with Gasteiger partial charge in [-0.3, -0.25) is 9.59 Å².